The number of aliphatic hydroxyl groups excluding tert-OH is 1. The predicted octanol–water partition coefficient (Wildman–Crippen LogP) is 5.26. The van der Waals surface area contributed by atoms with Crippen molar-refractivity contribution in [2.24, 2.45) is 0 Å². The molecule has 0 spiro atoms. The third-order valence-electron chi connectivity index (χ3n) is 5.28. The SMILES string of the molecule is COc1cc(O)cc(CO)c1C=C1Sc2ccc(S(=O)(=O)Cc3c(Cl)cccc3Cl)cc2NC1=O. The number of halogens is 2. The summed E-state index contributed by atoms with van der Waals surface area (Å²) in [5.74, 6) is -0.627. The molecule has 1 aliphatic heterocycles. The fraction of sp³-hybridized carbons (Fsp3) is 0.125. The number of hydrogen-bond donors (Lipinski definition) is 3. The van der Waals surface area contributed by atoms with E-state index in [4.69, 9.17) is 27.9 Å². The number of carbonyl (C=O) groups is 1. The van der Waals surface area contributed by atoms with Crippen LogP contribution in [-0.2, 0) is 27.0 Å². The molecular formula is C24H19Cl2NO6S2. The van der Waals surface area contributed by atoms with Gasteiger partial charge in [-0.25, -0.2) is 8.42 Å². The number of aliphatic hydroxyl groups is 1. The first kappa shape index (κ1) is 25.4. The minimum atomic E-state index is -3.81. The topological polar surface area (TPSA) is 113 Å². The zero-order valence-corrected chi connectivity index (χ0v) is 21.4. The molecule has 3 aromatic carbocycles. The Morgan fingerprint density at radius 1 is 1.11 bits per heavy atom. The van der Waals surface area contributed by atoms with Crippen molar-refractivity contribution < 1.29 is 28.2 Å². The van der Waals surface area contributed by atoms with Gasteiger partial charge in [-0.1, -0.05) is 41.0 Å². The van der Waals surface area contributed by atoms with Gasteiger partial charge in [0.1, 0.15) is 11.5 Å². The number of carbonyl (C=O) groups excluding carboxylic acids is 1. The van der Waals surface area contributed by atoms with Gasteiger partial charge in [0.05, 0.1) is 35.0 Å². The van der Waals surface area contributed by atoms with Crippen molar-refractivity contribution in [1.82, 2.24) is 0 Å². The Balaban J connectivity index is 1.67. The first-order chi connectivity index (χ1) is 16.6. The molecule has 1 amide bonds. The number of methoxy groups -OCH3 is 1. The second-order valence-electron chi connectivity index (χ2n) is 7.56. The Morgan fingerprint density at radius 3 is 2.49 bits per heavy atom. The average molecular weight is 552 g/mol. The van der Waals surface area contributed by atoms with Crippen LogP contribution in [0.4, 0.5) is 5.69 Å². The van der Waals surface area contributed by atoms with Gasteiger partial charge in [-0.15, -0.1) is 0 Å². The van der Waals surface area contributed by atoms with E-state index in [1.165, 1.54) is 31.4 Å². The van der Waals surface area contributed by atoms with Crippen molar-refractivity contribution >= 4 is 62.5 Å². The monoisotopic (exact) mass is 551 g/mol. The van der Waals surface area contributed by atoms with Crippen molar-refractivity contribution in [2.75, 3.05) is 12.4 Å². The number of phenols is 1. The molecule has 7 nitrogen and oxygen atoms in total. The molecule has 35 heavy (non-hydrogen) atoms. The van der Waals surface area contributed by atoms with Crippen LogP contribution in [0.1, 0.15) is 16.7 Å². The first-order valence-corrected chi connectivity index (χ1v) is 13.4. The molecular weight excluding hydrogens is 533 g/mol. The van der Waals surface area contributed by atoms with Crippen LogP contribution >= 0.6 is 35.0 Å². The summed E-state index contributed by atoms with van der Waals surface area (Å²) in [6.07, 6.45) is 1.55. The fourth-order valence-corrected chi connectivity index (χ4v) is 6.57. The smallest absolute Gasteiger partial charge is 0.262 e. The summed E-state index contributed by atoms with van der Waals surface area (Å²) in [5.41, 5.74) is 1.49. The molecule has 3 N–H and O–H groups in total. The van der Waals surface area contributed by atoms with Gasteiger partial charge in [-0.2, -0.15) is 0 Å². The van der Waals surface area contributed by atoms with E-state index in [-0.39, 0.29) is 33.0 Å². The van der Waals surface area contributed by atoms with Crippen LogP contribution in [0.25, 0.3) is 6.08 Å². The second-order valence-corrected chi connectivity index (χ2v) is 11.4. The minimum Gasteiger partial charge on any atom is -0.508 e. The van der Waals surface area contributed by atoms with Crippen LogP contribution < -0.4 is 10.1 Å². The number of hydrogen-bond acceptors (Lipinski definition) is 7. The van der Waals surface area contributed by atoms with Crippen LogP contribution in [0, 0.1) is 0 Å². The largest absolute Gasteiger partial charge is 0.508 e. The molecule has 0 bridgehead atoms. The van der Waals surface area contributed by atoms with Gasteiger partial charge in [0.25, 0.3) is 5.91 Å². The highest BCUT2D eigenvalue weighted by Crippen LogP contribution is 2.42. The lowest BCUT2D eigenvalue weighted by Gasteiger charge is -2.20. The summed E-state index contributed by atoms with van der Waals surface area (Å²) in [5, 5.41) is 22.7. The number of rotatable bonds is 6. The predicted molar refractivity (Wildman–Crippen MR) is 137 cm³/mol. The highest BCUT2D eigenvalue weighted by Gasteiger charge is 2.26. The number of aromatic hydroxyl groups is 1. The zero-order chi connectivity index (χ0) is 25.3. The van der Waals surface area contributed by atoms with E-state index in [1.807, 2.05) is 0 Å². The lowest BCUT2D eigenvalue weighted by atomic mass is 10.1. The second kappa shape index (κ2) is 10.1. The van der Waals surface area contributed by atoms with Crippen molar-refractivity contribution in [1.29, 1.82) is 0 Å². The number of benzene rings is 3. The van der Waals surface area contributed by atoms with Crippen LogP contribution in [0.2, 0.25) is 10.0 Å². The maximum atomic E-state index is 13.0. The molecule has 0 saturated carbocycles. The minimum absolute atomic E-state index is 0.0170. The molecule has 0 aliphatic carbocycles. The third kappa shape index (κ3) is 5.29. The molecule has 0 fully saturated rings. The third-order valence-corrected chi connectivity index (χ3v) is 8.72. The van der Waals surface area contributed by atoms with Gasteiger partial charge in [0.2, 0.25) is 0 Å². The lowest BCUT2D eigenvalue weighted by molar-refractivity contribution is -0.112. The molecule has 0 atom stereocenters. The van der Waals surface area contributed by atoms with E-state index in [9.17, 15) is 23.4 Å². The van der Waals surface area contributed by atoms with Gasteiger partial charge in [0.15, 0.2) is 9.84 Å². The molecule has 182 valence electrons. The van der Waals surface area contributed by atoms with E-state index < -0.39 is 15.7 Å². The lowest BCUT2D eigenvalue weighted by Crippen LogP contribution is -2.18. The van der Waals surface area contributed by atoms with Gasteiger partial charge < -0.3 is 20.3 Å². The van der Waals surface area contributed by atoms with Gasteiger partial charge in [-0.05, 0) is 48.0 Å². The Kier molecular flexibility index (Phi) is 7.35. The standard InChI is InChI=1S/C24H19Cl2NO6S2/c1-33-21-8-14(29)7-13(11-28)16(21)10-23-24(30)27-20-9-15(5-6-22(20)34-23)35(31,32)12-17-18(25)3-2-4-19(17)26/h2-10,28-29H,11-12H2,1H3,(H,27,30). The number of sulfone groups is 1. The maximum absolute atomic E-state index is 13.0. The summed E-state index contributed by atoms with van der Waals surface area (Å²) in [6, 6.07) is 12.0. The number of nitrogens with one attached hydrogen (secondary N) is 1. The van der Waals surface area contributed by atoms with Crippen LogP contribution in [0.3, 0.4) is 0 Å². The molecule has 0 unspecified atom stereocenters. The highest BCUT2D eigenvalue weighted by atomic mass is 35.5. The van der Waals surface area contributed by atoms with E-state index in [0.717, 1.165) is 11.8 Å². The summed E-state index contributed by atoms with van der Waals surface area (Å²) in [4.78, 5) is 13.8. The number of amides is 1. The molecule has 0 aromatic heterocycles. The molecule has 1 aliphatic rings. The number of thioether (sulfide) groups is 1. The normalized spacial score (nSPS) is 14.5. The summed E-state index contributed by atoms with van der Waals surface area (Å²) >= 11 is 13.4. The van der Waals surface area contributed by atoms with E-state index in [1.54, 1.807) is 30.3 Å². The number of fused-ring (bicyclic) bond motifs is 1. The molecule has 0 saturated heterocycles. The number of anilines is 1. The quantitative estimate of drug-likeness (QED) is 0.358. The molecule has 4 rings (SSSR count). The Morgan fingerprint density at radius 2 is 1.83 bits per heavy atom. The Hall–Kier alpha value is -2.69. The maximum Gasteiger partial charge on any atom is 0.262 e. The zero-order valence-electron chi connectivity index (χ0n) is 18.2. The van der Waals surface area contributed by atoms with Crippen LogP contribution in [-0.4, -0.2) is 31.6 Å². The molecule has 11 heteroatoms. The summed E-state index contributed by atoms with van der Waals surface area (Å²) < 4.78 is 31.4. The molecule has 3 aromatic rings. The average Bonchev–Trinajstić information content (AvgIpc) is 2.82. The number of ether oxygens (including phenoxy) is 1. The van der Waals surface area contributed by atoms with E-state index >= 15 is 0 Å². The van der Waals surface area contributed by atoms with E-state index in [2.05, 4.69) is 5.32 Å². The van der Waals surface area contributed by atoms with E-state index in [0.29, 0.717) is 37.9 Å². The first-order valence-electron chi connectivity index (χ1n) is 10.1. The van der Waals surface area contributed by atoms with Crippen molar-refractivity contribution in [3.8, 4) is 11.5 Å². The summed E-state index contributed by atoms with van der Waals surface area (Å²) in [6.45, 7) is -0.372. The van der Waals surface area contributed by atoms with Gasteiger partial charge in [0, 0.05) is 32.1 Å². The van der Waals surface area contributed by atoms with Crippen molar-refractivity contribution in [3.05, 3.63) is 80.2 Å². The van der Waals surface area contributed by atoms with Crippen molar-refractivity contribution in [2.45, 2.75) is 22.2 Å². The van der Waals surface area contributed by atoms with Gasteiger partial charge >= 0.3 is 0 Å². The summed E-state index contributed by atoms with van der Waals surface area (Å²) in [7, 11) is -2.39. The van der Waals surface area contributed by atoms with Crippen LogP contribution in [0.5, 0.6) is 11.5 Å². The van der Waals surface area contributed by atoms with Crippen molar-refractivity contribution in [3.63, 3.8) is 0 Å². The molecule has 1 heterocycles. The molecule has 0 radical (unpaired) electrons. The number of phenolic OH excluding ortho intramolecular Hbond substituents is 1. The highest BCUT2D eigenvalue weighted by molar-refractivity contribution is 8.04. The Bertz CT molecular complexity index is 1430. The van der Waals surface area contributed by atoms with Crippen LogP contribution in [0.15, 0.2) is 63.2 Å². The fourth-order valence-electron chi connectivity index (χ4n) is 3.54. The van der Waals surface area contributed by atoms with Gasteiger partial charge in [-0.3, -0.25) is 4.79 Å². The Labute approximate surface area is 216 Å².